The molecule has 1 rings (SSSR count). The van der Waals surface area contributed by atoms with Crippen LogP contribution in [0.2, 0.25) is 5.02 Å². The van der Waals surface area contributed by atoms with E-state index in [1.807, 2.05) is 0 Å². The molecule has 0 unspecified atom stereocenters. The van der Waals surface area contributed by atoms with Crippen LogP contribution >= 0.6 is 11.6 Å². The van der Waals surface area contributed by atoms with Crippen molar-refractivity contribution < 1.29 is 14.3 Å². The highest BCUT2D eigenvalue weighted by molar-refractivity contribution is 6.33. The van der Waals surface area contributed by atoms with E-state index in [0.717, 1.165) is 5.56 Å². The molecule has 0 heterocycles. The highest BCUT2D eigenvalue weighted by atomic mass is 35.5. The van der Waals surface area contributed by atoms with Crippen molar-refractivity contribution in [1.82, 2.24) is 0 Å². The van der Waals surface area contributed by atoms with Gasteiger partial charge in [0, 0.05) is 12.5 Å². The van der Waals surface area contributed by atoms with Gasteiger partial charge in [-0.3, -0.25) is 4.79 Å². The van der Waals surface area contributed by atoms with Crippen LogP contribution in [0, 0.1) is 0 Å². The molecule has 1 aromatic carbocycles. The summed E-state index contributed by atoms with van der Waals surface area (Å²) in [4.78, 5) is 11.0. The van der Waals surface area contributed by atoms with Crippen molar-refractivity contribution in [2.45, 2.75) is 13.3 Å². The van der Waals surface area contributed by atoms with Crippen LogP contribution < -0.4 is 9.47 Å². The summed E-state index contributed by atoms with van der Waals surface area (Å²) in [6.45, 7) is 1.52. The average molecular weight is 229 g/mol. The zero-order valence-corrected chi connectivity index (χ0v) is 9.72. The molecule has 0 saturated heterocycles. The molecule has 0 amide bonds. The van der Waals surface area contributed by atoms with Crippen molar-refractivity contribution in [2.24, 2.45) is 0 Å². The van der Waals surface area contributed by atoms with E-state index < -0.39 is 0 Å². The second-order valence-electron chi connectivity index (χ2n) is 3.18. The summed E-state index contributed by atoms with van der Waals surface area (Å²) in [5.41, 5.74) is 0.723. The predicted molar refractivity (Wildman–Crippen MR) is 58.9 cm³/mol. The molecule has 4 heteroatoms. The molecule has 0 aromatic heterocycles. The third-order valence-electron chi connectivity index (χ3n) is 1.98. The van der Waals surface area contributed by atoms with Crippen LogP contribution in [-0.4, -0.2) is 20.0 Å². The number of rotatable bonds is 4. The summed E-state index contributed by atoms with van der Waals surface area (Å²) in [7, 11) is 3.08. The van der Waals surface area contributed by atoms with Crippen LogP contribution in [0.3, 0.4) is 0 Å². The maximum atomic E-state index is 11.0. The number of Topliss-reactive ketones (excluding diaryl/α,β-unsaturated/α-hetero) is 1. The van der Waals surface area contributed by atoms with Crippen molar-refractivity contribution in [3.63, 3.8) is 0 Å². The minimum absolute atomic E-state index is 0.0483. The summed E-state index contributed by atoms with van der Waals surface area (Å²) in [5.74, 6) is 1.20. The van der Waals surface area contributed by atoms with Crippen LogP contribution in [-0.2, 0) is 11.2 Å². The second kappa shape index (κ2) is 5.03. The summed E-state index contributed by atoms with van der Waals surface area (Å²) < 4.78 is 10.2. The quantitative estimate of drug-likeness (QED) is 0.794. The first kappa shape index (κ1) is 11.9. The van der Waals surface area contributed by atoms with Crippen LogP contribution in [0.5, 0.6) is 11.5 Å². The van der Waals surface area contributed by atoms with E-state index in [1.54, 1.807) is 19.2 Å². The lowest BCUT2D eigenvalue weighted by Gasteiger charge is -2.10. The van der Waals surface area contributed by atoms with Crippen molar-refractivity contribution >= 4 is 17.4 Å². The van der Waals surface area contributed by atoms with Gasteiger partial charge in [-0.25, -0.2) is 0 Å². The first-order chi connectivity index (χ1) is 7.08. The number of carbonyl (C=O) groups excluding carboxylic acids is 1. The number of halogens is 1. The molecular formula is C11H13ClO3. The first-order valence-electron chi connectivity index (χ1n) is 4.48. The van der Waals surface area contributed by atoms with Gasteiger partial charge >= 0.3 is 0 Å². The number of hydrogen-bond donors (Lipinski definition) is 0. The Morgan fingerprint density at radius 3 is 2.47 bits per heavy atom. The molecule has 82 valence electrons. The highest BCUT2D eigenvalue weighted by Crippen LogP contribution is 2.33. The molecule has 0 aliphatic carbocycles. The number of methoxy groups -OCH3 is 2. The van der Waals surface area contributed by atoms with Gasteiger partial charge in [-0.1, -0.05) is 11.6 Å². The van der Waals surface area contributed by atoms with Gasteiger partial charge < -0.3 is 9.47 Å². The lowest BCUT2D eigenvalue weighted by molar-refractivity contribution is -0.116. The van der Waals surface area contributed by atoms with E-state index in [9.17, 15) is 4.79 Å². The topological polar surface area (TPSA) is 35.5 Å². The summed E-state index contributed by atoms with van der Waals surface area (Å²) in [5, 5.41) is 0.466. The van der Waals surface area contributed by atoms with Gasteiger partial charge in [-0.15, -0.1) is 0 Å². The summed E-state index contributed by atoms with van der Waals surface area (Å²) in [6, 6.07) is 3.43. The largest absolute Gasteiger partial charge is 0.497 e. The fraction of sp³-hybridized carbons (Fsp3) is 0.364. The minimum Gasteiger partial charge on any atom is -0.497 e. The second-order valence-corrected chi connectivity index (χ2v) is 3.56. The molecule has 0 atom stereocenters. The molecule has 15 heavy (non-hydrogen) atoms. The monoisotopic (exact) mass is 228 g/mol. The van der Waals surface area contributed by atoms with Gasteiger partial charge in [0.05, 0.1) is 19.2 Å². The lowest BCUT2D eigenvalue weighted by Crippen LogP contribution is -1.99. The van der Waals surface area contributed by atoms with Gasteiger partial charge in [0.25, 0.3) is 0 Å². The normalized spacial score (nSPS) is 9.87. The zero-order chi connectivity index (χ0) is 11.4. The smallest absolute Gasteiger partial charge is 0.141 e. The van der Waals surface area contributed by atoms with Crippen molar-refractivity contribution in [3.05, 3.63) is 22.7 Å². The molecule has 1 aromatic rings. The Hall–Kier alpha value is -1.22. The zero-order valence-electron chi connectivity index (χ0n) is 8.96. The van der Waals surface area contributed by atoms with Gasteiger partial charge in [-0.2, -0.15) is 0 Å². The Balaban J connectivity index is 3.17. The Morgan fingerprint density at radius 2 is 2.00 bits per heavy atom. The number of hydrogen-bond acceptors (Lipinski definition) is 3. The SMILES string of the molecule is COc1cc(CC(C)=O)c(Cl)c(OC)c1. The van der Waals surface area contributed by atoms with Crippen molar-refractivity contribution in [2.75, 3.05) is 14.2 Å². The van der Waals surface area contributed by atoms with E-state index in [2.05, 4.69) is 0 Å². The van der Waals surface area contributed by atoms with Gasteiger partial charge in [0.1, 0.15) is 17.3 Å². The van der Waals surface area contributed by atoms with Gasteiger partial charge in [0.15, 0.2) is 0 Å². The highest BCUT2D eigenvalue weighted by Gasteiger charge is 2.11. The average Bonchev–Trinajstić information content (AvgIpc) is 2.20. The van der Waals surface area contributed by atoms with E-state index in [4.69, 9.17) is 21.1 Å². The van der Waals surface area contributed by atoms with Crippen molar-refractivity contribution in [1.29, 1.82) is 0 Å². The number of ketones is 1. The van der Waals surface area contributed by atoms with Crippen molar-refractivity contribution in [3.8, 4) is 11.5 Å². The van der Waals surface area contributed by atoms with Crippen LogP contribution in [0.4, 0.5) is 0 Å². The summed E-state index contributed by atoms with van der Waals surface area (Å²) >= 11 is 6.05. The fourth-order valence-electron chi connectivity index (χ4n) is 1.29. The van der Waals surface area contributed by atoms with E-state index in [1.165, 1.54) is 14.0 Å². The Labute approximate surface area is 93.9 Å². The van der Waals surface area contributed by atoms with E-state index >= 15 is 0 Å². The number of ether oxygens (including phenoxy) is 2. The maximum Gasteiger partial charge on any atom is 0.141 e. The molecule has 0 aliphatic rings. The van der Waals surface area contributed by atoms with Crippen LogP contribution in [0.15, 0.2) is 12.1 Å². The molecule has 0 bridgehead atoms. The molecule has 0 fully saturated rings. The molecule has 0 radical (unpaired) electrons. The standard InChI is InChI=1S/C11H13ClO3/c1-7(13)4-8-5-9(14-2)6-10(15-3)11(8)12/h5-6H,4H2,1-3H3. The lowest BCUT2D eigenvalue weighted by atomic mass is 10.1. The van der Waals surface area contributed by atoms with Gasteiger partial charge in [0.2, 0.25) is 0 Å². The molecule has 0 saturated carbocycles. The molecule has 0 aliphatic heterocycles. The fourth-order valence-corrected chi connectivity index (χ4v) is 1.54. The predicted octanol–water partition coefficient (Wildman–Crippen LogP) is 2.49. The molecular weight excluding hydrogens is 216 g/mol. The van der Waals surface area contributed by atoms with Gasteiger partial charge in [-0.05, 0) is 18.6 Å². The van der Waals surface area contributed by atoms with E-state index in [0.29, 0.717) is 16.5 Å². The molecule has 3 nitrogen and oxygen atoms in total. The maximum absolute atomic E-state index is 11.0. The Bertz CT molecular complexity index is 374. The molecule has 0 spiro atoms. The third-order valence-corrected chi connectivity index (χ3v) is 2.41. The Morgan fingerprint density at radius 1 is 1.33 bits per heavy atom. The summed E-state index contributed by atoms with van der Waals surface area (Å²) in [6.07, 6.45) is 0.284. The first-order valence-corrected chi connectivity index (χ1v) is 4.86. The minimum atomic E-state index is 0.0483. The van der Waals surface area contributed by atoms with Crippen LogP contribution in [0.25, 0.3) is 0 Å². The third kappa shape index (κ3) is 2.86. The number of benzene rings is 1. The number of carbonyl (C=O) groups is 1. The Kier molecular flexibility index (Phi) is 3.97. The molecule has 0 N–H and O–H groups in total. The van der Waals surface area contributed by atoms with Crippen LogP contribution in [0.1, 0.15) is 12.5 Å². The van der Waals surface area contributed by atoms with E-state index in [-0.39, 0.29) is 12.2 Å².